The highest BCUT2D eigenvalue weighted by molar-refractivity contribution is 7.99. The number of hydrogen-bond donors (Lipinski definition) is 1. The van der Waals surface area contributed by atoms with Crippen LogP contribution in [0, 0.1) is 15.9 Å². The number of nitrogens with one attached hydrogen (secondary N) is 1. The van der Waals surface area contributed by atoms with Crippen LogP contribution < -0.4 is 10.1 Å². The quantitative estimate of drug-likeness (QED) is 0.106. The van der Waals surface area contributed by atoms with Crippen molar-refractivity contribution in [2.24, 2.45) is 5.10 Å². The number of halogens is 1. The minimum Gasteiger partial charge on any atom is -0.496 e. The molecule has 0 saturated carbocycles. The van der Waals surface area contributed by atoms with Gasteiger partial charge in [-0.3, -0.25) is 24.3 Å². The molecule has 2 aromatic heterocycles. The molecule has 0 fully saturated rings. The van der Waals surface area contributed by atoms with Crippen LogP contribution in [-0.2, 0) is 11.3 Å². The van der Waals surface area contributed by atoms with E-state index in [1.807, 2.05) is 17.5 Å². The number of aromatic nitrogens is 3. The molecule has 0 saturated heterocycles. The second-order valence-corrected chi connectivity index (χ2v) is 12.1. The van der Waals surface area contributed by atoms with E-state index in [1.54, 1.807) is 53.1 Å². The molecule has 238 valence electrons. The van der Waals surface area contributed by atoms with Gasteiger partial charge in [0.1, 0.15) is 11.6 Å². The molecule has 0 radical (unpaired) electrons. The number of non-ortho nitro benzene ring substituents is 1. The van der Waals surface area contributed by atoms with Gasteiger partial charge in [0, 0.05) is 24.2 Å². The first-order chi connectivity index (χ1) is 22.8. The number of carbonyl (C=O) groups excluding carboxylic acids is 2. The molecule has 6 rings (SSSR count). The highest BCUT2D eigenvalue weighted by atomic mass is 32.2. The first-order valence-corrected chi connectivity index (χ1v) is 16.1. The maximum Gasteiger partial charge on any atom is 0.269 e. The smallest absolute Gasteiger partial charge is 0.269 e. The summed E-state index contributed by atoms with van der Waals surface area (Å²) >= 11 is 2.63. The van der Waals surface area contributed by atoms with E-state index in [9.17, 15) is 24.1 Å². The Labute approximate surface area is 276 Å². The van der Waals surface area contributed by atoms with E-state index in [2.05, 4.69) is 20.6 Å². The molecule has 5 aromatic rings. The van der Waals surface area contributed by atoms with Crippen LogP contribution in [0.5, 0.6) is 5.75 Å². The first kappa shape index (κ1) is 31.6. The van der Waals surface area contributed by atoms with E-state index in [1.165, 1.54) is 47.7 Å². The molecule has 12 nitrogen and oxygen atoms in total. The maximum atomic E-state index is 13.7. The number of nitro groups is 1. The van der Waals surface area contributed by atoms with Gasteiger partial charge in [-0.05, 0) is 53.4 Å². The Balaban J connectivity index is 1.25. The third-order valence-corrected chi connectivity index (χ3v) is 9.16. The maximum absolute atomic E-state index is 13.7. The molecule has 0 bridgehead atoms. The van der Waals surface area contributed by atoms with Crippen molar-refractivity contribution < 1.29 is 23.6 Å². The molecule has 1 N–H and O–H groups in total. The van der Waals surface area contributed by atoms with E-state index >= 15 is 0 Å². The largest absolute Gasteiger partial charge is 0.496 e. The van der Waals surface area contributed by atoms with Crippen molar-refractivity contribution in [3.8, 4) is 11.4 Å². The second-order valence-electron chi connectivity index (χ2n) is 10.2. The number of thiophene rings is 1. The molecule has 47 heavy (non-hydrogen) atoms. The number of hydrogen-bond acceptors (Lipinski definition) is 10. The number of nitrogens with zero attached hydrogens (tertiary/aromatic N) is 6. The number of carbonyl (C=O) groups is 2. The van der Waals surface area contributed by atoms with E-state index < -0.39 is 16.9 Å². The van der Waals surface area contributed by atoms with Crippen LogP contribution in [-0.4, -0.2) is 55.1 Å². The Morgan fingerprint density at radius 2 is 1.83 bits per heavy atom. The average molecular weight is 672 g/mol. The summed E-state index contributed by atoms with van der Waals surface area (Å²) in [5.74, 6) is -0.411. The fraction of sp³-hybridized carbons (Fsp3) is 0.156. The van der Waals surface area contributed by atoms with Crippen LogP contribution in [0.3, 0.4) is 0 Å². The average Bonchev–Trinajstić information content (AvgIpc) is 3.87. The number of ether oxygens (including phenoxy) is 1. The molecule has 3 heterocycles. The molecule has 1 aliphatic heterocycles. The summed E-state index contributed by atoms with van der Waals surface area (Å²) in [6.07, 6.45) is 0.470. The zero-order valence-electron chi connectivity index (χ0n) is 24.8. The summed E-state index contributed by atoms with van der Waals surface area (Å²) in [6.45, 7) is -0.0391. The highest BCUT2D eigenvalue weighted by Gasteiger charge is 2.34. The van der Waals surface area contributed by atoms with Crippen molar-refractivity contribution in [3.63, 3.8) is 0 Å². The lowest BCUT2D eigenvalue weighted by molar-refractivity contribution is -0.384. The van der Waals surface area contributed by atoms with E-state index in [0.717, 1.165) is 27.9 Å². The number of methoxy groups -OCH3 is 1. The molecule has 15 heteroatoms. The molecular formula is C32H26FN7O5S2. The van der Waals surface area contributed by atoms with Crippen LogP contribution >= 0.6 is 23.1 Å². The fourth-order valence-electron chi connectivity index (χ4n) is 5.05. The number of nitro benzene ring substituents is 1. The third kappa shape index (κ3) is 6.90. The van der Waals surface area contributed by atoms with Crippen LogP contribution in [0.4, 0.5) is 10.1 Å². The molecule has 1 aliphatic rings. The van der Waals surface area contributed by atoms with Gasteiger partial charge >= 0.3 is 0 Å². The Morgan fingerprint density at radius 1 is 1.06 bits per heavy atom. The zero-order chi connectivity index (χ0) is 32.9. The van der Waals surface area contributed by atoms with Crippen LogP contribution in [0.2, 0.25) is 0 Å². The highest BCUT2D eigenvalue weighted by Crippen LogP contribution is 2.35. The predicted molar refractivity (Wildman–Crippen MR) is 174 cm³/mol. The summed E-state index contributed by atoms with van der Waals surface area (Å²) in [5, 5.41) is 31.0. The minimum atomic E-state index is -0.503. The zero-order valence-corrected chi connectivity index (χ0v) is 26.4. The number of rotatable bonds is 11. The van der Waals surface area contributed by atoms with Gasteiger partial charge in [-0.25, -0.2) is 9.40 Å². The van der Waals surface area contributed by atoms with Gasteiger partial charge in [0.25, 0.3) is 17.5 Å². The van der Waals surface area contributed by atoms with Gasteiger partial charge in [-0.1, -0.05) is 42.1 Å². The van der Waals surface area contributed by atoms with E-state index in [4.69, 9.17) is 4.74 Å². The Hall–Kier alpha value is -5.41. The lowest BCUT2D eigenvalue weighted by Crippen LogP contribution is -2.28. The predicted octanol–water partition coefficient (Wildman–Crippen LogP) is 5.78. The second kappa shape index (κ2) is 13.9. The standard InChI is InChI=1S/C32H26FN7O5S2/c1-45-27-6-3-2-5-24(27)31(42)34-18-29-35-36-32(38(29)22-12-14-23(15-13-22)40(43)44)47-19-30(41)39-26(20-8-10-21(33)11-9-20)17-25(37-39)28-7-4-16-46-28/h2-16,26H,17-19H2,1H3,(H,34,42). The molecule has 2 amide bonds. The third-order valence-electron chi connectivity index (χ3n) is 7.33. The van der Waals surface area contributed by atoms with Gasteiger partial charge < -0.3 is 10.1 Å². The SMILES string of the molecule is COc1ccccc1C(=O)NCc1nnc(SCC(=O)N2N=C(c3cccs3)CC2c2ccc(F)cc2)n1-c1ccc([N+](=O)[O-])cc1. The molecule has 3 aromatic carbocycles. The van der Waals surface area contributed by atoms with Crippen molar-refractivity contribution in [1.82, 2.24) is 25.1 Å². The summed E-state index contributed by atoms with van der Waals surface area (Å²) < 4.78 is 20.6. The van der Waals surface area contributed by atoms with Gasteiger partial charge in [-0.2, -0.15) is 5.10 Å². The number of hydrazone groups is 1. The Morgan fingerprint density at radius 3 is 2.53 bits per heavy atom. The molecule has 0 spiro atoms. The van der Waals surface area contributed by atoms with Gasteiger partial charge in [0.15, 0.2) is 11.0 Å². The Bertz CT molecular complexity index is 1950. The molecule has 1 atom stereocenters. The number of amides is 2. The van der Waals surface area contributed by atoms with Gasteiger partial charge in [0.2, 0.25) is 0 Å². The van der Waals surface area contributed by atoms with Crippen molar-refractivity contribution in [2.75, 3.05) is 12.9 Å². The molecule has 1 unspecified atom stereocenters. The number of thioether (sulfide) groups is 1. The van der Waals surface area contributed by atoms with Crippen LogP contribution in [0.1, 0.15) is 39.1 Å². The topological polar surface area (TPSA) is 145 Å². The minimum absolute atomic E-state index is 0.0391. The molecule has 0 aliphatic carbocycles. The van der Waals surface area contributed by atoms with Crippen LogP contribution in [0.25, 0.3) is 5.69 Å². The van der Waals surface area contributed by atoms with Gasteiger partial charge in [0.05, 0.1) is 46.5 Å². The summed E-state index contributed by atoms with van der Waals surface area (Å²) in [6, 6.07) is 22.0. The number of para-hydroxylation sites is 1. The summed E-state index contributed by atoms with van der Waals surface area (Å²) in [4.78, 5) is 38.4. The Kier molecular flexibility index (Phi) is 9.35. The van der Waals surface area contributed by atoms with Crippen molar-refractivity contribution in [1.29, 1.82) is 0 Å². The monoisotopic (exact) mass is 671 g/mol. The van der Waals surface area contributed by atoms with Crippen molar-refractivity contribution >= 4 is 46.3 Å². The lowest BCUT2D eigenvalue weighted by Gasteiger charge is -2.22. The summed E-state index contributed by atoms with van der Waals surface area (Å²) in [5.41, 5.74) is 2.25. The van der Waals surface area contributed by atoms with E-state index in [0.29, 0.717) is 34.4 Å². The van der Waals surface area contributed by atoms with Crippen LogP contribution in [0.15, 0.2) is 101 Å². The van der Waals surface area contributed by atoms with E-state index in [-0.39, 0.29) is 29.7 Å². The van der Waals surface area contributed by atoms with Crippen molar-refractivity contribution in [2.45, 2.75) is 24.2 Å². The normalized spacial score (nSPS) is 14.1. The van der Waals surface area contributed by atoms with Crippen molar-refractivity contribution in [3.05, 3.63) is 128 Å². The fourth-order valence-corrected chi connectivity index (χ4v) is 6.59. The number of benzene rings is 3. The molecular weight excluding hydrogens is 646 g/mol. The summed E-state index contributed by atoms with van der Waals surface area (Å²) in [7, 11) is 1.47. The lowest BCUT2D eigenvalue weighted by atomic mass is 10.0. The first-order valence-electron chi connectivity index (χ1n) is 14.2. The van der Waals surface area contributed by atoms with Gasteiger partial charge in [-0.15, -0.1) is 21.5 Å².